The van der Waals surface area contributed by atoms with Gasteiger partial charge in [0.1, 0.15) is 9.84 Å². The Balaban J connectivity index is 2.07. The molecule has 0 aliphatic carbocycles. The molecular weight excluding hydrogens is 304 g/mol. The van der Waals surface area contributed by atoms with Gasteiger partial charge in [0.25, 0.3) is 0 Å². The molecule has 0 saturated carbocycles. The highest BCUT2D eigenvalue weighted by atomic mass is 32.2. The summed E-state index contributed by atoms with van der Waals surface area (Å²) in [4.78, 5) is 0. The van der Waals surface area contributed by atoms with E-state index in [1.54, 1.807) is 0 Å². The van der Waals surface area contributed by atoms with Crippen LogP contribution >= 0.6 is 0 Å². The van der Waals surface area contributed by atoms with Crippen LogP contribution in [-0.2, 0) is 24.6 Å². The molecule has 2 aliphatic heterocycles. The molecule has 2 rings (SSSR count). The number of nitrogens with one attached hydrogen (secondary N) is 1. The van der Waals surface area contributed by atoms with Crippen molar-refractivity contribution >= 4 is 19.9 Å². The smallest absolute Gasteiger partial charge is 0.215 e. The number of sulfonamides is 1. The van der Waals surface area contributed by atoms with Crippen LogP contribution in [0.15, 0.2) is 0 Å². The standard InChI is InChI=1S/C11H22N2O5S2/c12-9-11(3-5-18-6-4-11)13-20(16,17)10-1-7-19(14,15)8-2-10/h10,13H,1-9,12H2. The average molecular weight is 326 g/mol. The summed E-state index contributed by atoms with van der Waals surface area (Å²) < 4.78 is 55.6. The molecule has 9 heteroatoms. The largest absolute Gasteiger partial charge is 0.381 e. The highest BCUT2D eigenvalue weighted by Crippen LogP contribution is 2.25. The molecule has 7 nitrogen and oxygen atoms in total. The van der Waals surface area contributed by atoms with E-state index in [4.69, 9.17) is 10.5 Å². The molecule has 0 bridgehead atoms. The van der Waals surface area contributed by atoms with E-state index in [0.29, 0.717) is 26.1 Å². The molecule has 0 aromatic rings. The van der Waals surface area contributed by atoms with Crippen LogP contribution in [0, 0.1) is 0 Å². The van der Waals surface area contributed by atoms with Crippen LogP contribution in [0.4, 0.5) is 0 Å². The van der Waals surface area contributed by atoms with Crippen LogP contribution in [-0.4, -0.2) is 58.9 Å². The topological polar surface area (TPSA) is 116 Å². The summed E-state index contributed by atoms with van der Waals surface area (Å²) in [6, 6.07) is 0. The molecule has 20 heavy (non-hydrogen) atoms. The number of nitrogens with two attached hydrogens (primary N) is 1. The van der Waals surface area contributed by atoms with Crippen molar-refractivity contribution in [2.24, 2.45) is 5.73 Å². The minimum atomic E-state index is -3.55. The van der Waals surface area contributed by atoms with Crippen molar-refractivity contribution in [3.63, 3.8) is 0 Å². The highest BCUT2D eigenvalue weighted by molar-refractivity contribution is 7.92. The Hall–Kier alpha value is -0.220. The molecule has 3 N–H and O–H groups in total. The summed E-state index contributed by atoms with van der Waals surface area (Å²) in [6.07, 6.45) is 1.42. The van der Waals surface area contributed by atoms with Crippen molar-refractivity contribution in [3.05, 3.63) is 0 Å². The molecule has 118 valence electrons. The minimum absolute atomic E-state index is 0.0582. The molecule has 0 unspecified atom stereocenters. The van der Waals surface area contributed by atoms with Gasteiger partial charge >= 0.3 is 0 Å². The van der Waals surface area contributed by atoms with Crippen molar-refractivity contribution in [3.8, 4) is 0 Å². The molecule has 2 aliphatic rings. The van der Waals surface area contributed by atoms with Gasteiger partial charge in [0.15, 0.2) is 0 Å². The first-order valence-corrected chi connectivity index (χ1v) is 10.2. The van der Waals surface area contributed by atoms with Gasteiger partial charge in [0.2, 0.25) is 10.0 Å². The fourth-order valence-electron chi connectivity index (χ4n) is 2.67. The third-order valence-corrected chi connectivity index (χ3v) is 7.92. The predicted octanol–water partition coefficient (Wildman–Crippen LogP) is -1.01. The third kappa shape index (κ3) is 3.70. The van der Waals surface area contributed by atoms with E-state index >= 15 is 0 Å². The van der Waals surface area contributed by atoms with Crippen LogP contribution in [0.5, 0.6) is 0 Å². The normalized spacial score (nSPS) is 27.2. The Kier molecular flexibility index (Phi) is 4.75. The van der Waals surface area contributed by atoms with Gasteiger partial charge in [-0.1, -0.05) is 0 Å². The molecular formula is C11H22N2O5S2. The van der Waals surface area contributed by atoms with E-state index < -0.39 is 30.6 Å². The zero-order valence-electron chi connectivity index (χ0n) is 11.4. The highest BCUT2D eigenvalue weighted by Gasteiger charge is 2.40. The number of hydrogen-bond acceptors (Lipinski definition) is 6. The Bertz CT molecular complexity index is 523. The van der Waals surface area contributed by atoms with Crippen molar-refractivity contribution in [1.29, 1.82) is 0 Å². The van der Waals surface area contributed by atoms with Gasteiger partial charge in [-0.2, -0.15) is 0 Å². The molecule has 0 spiro atoms. The lowest BCUT2D eigenvalue weighted by atomic mass is 9.92. The monoisotopic (exact) mass is 326 g/mol. The summed E-state index contributed by atoms with van der Waals surface area (Å²) in [5.41, 5.74) is 5.09. The third-order valence-electron chi connectivity index (χ3n) is 4.14. The van der Waals surface area contributed by atoms with Gasteiger partial charge in [-0.15, -0.1) is 0 Å². The lowest BCUT2D eigenvalue weighted by molar-refractivity contribution is 0.0501. The second kappa shape index (κ2) is 5.88. The van der Waals surface area contributed by atoms with E-state index in [-0.39, 0.29) is 30.9 Å². The van der Waals surface area contributed by atoms with Crippen LogP contribution in [0.25, 0.3) is 0 Å². The van der Waals surface area contributed by atoms with Crippen LogP contribution in [0.3, 0.4) is 0 Å². The summed E-state index contributed by atoms with van der Waals surface area (Å²) in [5.74, 6) is -0.116. The van der Waals surface area contributed by atoms with E-state index in [2.05, 4.69) is 4.72 Å². The van der Waals surface area contributed by atoms with Gasteiger partial charge in [0.05, 0.1) is 16.8 Å². The van der Waals surface area contributed by atoms with E-state index in [1.807, 2.05) is 0 Å². The Labute approximate surface area is 120 Å². The molecule has 0 aromatic heterocycles. The van der Waals surface area contributed by atoms with Crippen molar-refractivity contribution < 1.29 is 21.6 Å². The molecule has 0 aromatic carbocycles. The maximum atomic E-state index is 12.4. The lowest BCUT2D eigenvalue weighted by Gasteiger charge is -2.38. The van der Waals surface area contributed by atoms with Crippen molar-refractivity contribution in [2.75, 3.05) is 31.3 Å². The second-order valence-electron chi connectivity index (χ2n) is 5.60. The first kappa shape index (κ1) is 16.2. The quantitative estimate of drug-likeness (QED) is 0.684. The van der Waals surface area contributed by atoms with Gasteiger partial charge in [-0.05, 0) is 25.7 Å². The van der Waals surface area contributed by atoms with Gasteiger partial charge in [-0.3, -0.25) is 0 Å². The van der Waals surface area contributed by atoms with Crippen LogP contribution in [0.1, 0.15) is 25.7 Å². The number of ether oxygens (including phenoxy) is 1. The zero-order valence-corrected chi connectivity index (χ0v) is 13.0. The summed E-state index contributed by atoms with van der Waals surface area (Å²) >= 11 is 0. The number of sulfone groups is 1. The number of hydrogen-bond donors (Lipinski definition) is 2. The van der Waals surface area contributed by atoms with Gasteiger partial charge in [0, 0.05) is 25.3 Å². The SMILES string of the molecule is NCC1(NS(=O)(=O)C2CCS(=O)(=O)CC2)CCOCC1. The van der Waals surface area contributed by atoms with E-state index in [9.17, 15) is 16.8 Å². The van der Waals surface area contributed by atoms with Crippen LogP contribution < -0.4 is 10.5 Å². The number of rotatable bonds is 4. The Morgan fingerprint density at radius 2 is 1.75 bits per heavy atom. The lowest BCUT2D eigenvalue weighted by Crippen LogP contribution is -2.58. The van der Waals surface area contributed by atoms with Gasteiger partial charge in [-0.25, -0.2) is 21.6 Å². The summed E-state index contributed by atoms with van der Waals surface area (Å²) in [7, 11) is -6.62. The minimum Gasteiger partial charge on any atom is -0.381 e. The van der Waals surface area contributed by atoms with E-state index in [0.717, 1.165) is 0 Å². The maximum Gasteiger partial charge on any atom is 0.215 e. The predicted molar refractivity (Wildman–Crippen MR) is 75.6 cm³/mol. The first-order chi connectivity index (χ1) is 9.29. The molecule has 0 radical (unpaired) electrons. The van der Waals surface area contributed by atoms with Crippen molar-refractivity contribution in [1.82, 2.24) is 4.72 Å². The molecule has 2 fully saturated rings. The molecule has 2 heterocycles. The maximum absolute atomic E-state index is 12.4. The summed E-state index contributed by atoms with van der Waals surface area (Å²) in [6.45, 7) is 1.19. The fourth-order valence-corrected chi connectivity index (χ4v) is 6.38. The van der Waals surface area contributed by atoms with E-state index in [1.165, 1.54) is 0 Å². The van der Waals surface area contributed by atoms with Gasteiger partial charge < -0.3 is 10.5 Å². The second-order valence-corrected chi connectivity index (χ2v) is 9.86. The fraction of sp³-hybridized carbons (Fsp3) is 1.00. The van der Waals surface area contributed by atoms with Crippen LogP contribution in [0.2, 0.25) is 0 Å². The Morgan fingerprint density at radius 1 is 1.20 bits per heavy atom. The molecule has 0 atom stereocenters. The Morgan fingerprint density at radius 3 is 2.25 bits per heavy atom. The summed E-state index contributed by atoms with van der Waals surface area (Å²) in [5, 5.41) is -0.641. The zero-order chi connectivity index (χ0) is 14.9. The first-order valence-electron chi connectivity index (χ1n) is 6.80. The average Bonchev–Trinajstić information content (AvgIpc) is 2.38. The molecule has 0 amide bonds. The van der Waals surface area contributed by atoms with Crippen molar-refractivity contribution in [2.45, 2.75) is 36.5 Å². The molecule has 2 saturated heterocycles.